The van der Waals surface area contributed by atoms with Gasteiger partial charge in [0.05, 0.1) is 13.2 Å². The van der Waals surface area contributed by atoms with E-state index in [1.807, 2.05) is 54.6 Å². The summed E-state index contributed by atoms with van der Waals surface area (Å²) in [4.78, 5) is 14.1. The van der Waals surface area contributed by atoms with Gasteiger partial charge in [0, 0.05) is 18.1 Å². The van der Waals surface area contributed by atoms with E-state index in [2.05, 4.69) is 5.32 Å². The molecule has 1 atom stereocenters. The van der Waals surface area contributed by atoms with E-state index in [1.165, 1.54) is 0 Å². The van der Waals surface area contributed by atoms with E-state index in [-0.39, 0.29) is 12.1 Å². The fourth-order valence-corrected chi connectivity index (χ4v) is 2.83. The third kappa shape index (κ3) is 4.24. The second-order valence-corrected chi connectivity index (χ2v) is 5.94. The molecule has 2 aromatic carbocycles. The number of halogens is 1. The first-order valence-corrected chi connectivity index (χ1v) is 8.04. The molecule has 0 aromatic heterocycles. The summed E-state index contributed by atoms with van der Waals surface area (Å²) >= 11 is 6.03. The summed E-state index contributed by atoms with van der Waals surface area (Å²) in [7, 11) is 0. The first kappa shape index (κ1) is 15.8. The highest BCUT2D eigenvalue weighted by Gasteiger charge is 2.25. The molecule has 3 rings (SSSR count). The molecule has 1 fully saturated rings. The van der Waals surface area contributed by atoms with Crippen molar-refractivity contribution in [3.8, 4) is 0 Å². The Balaban J connectivity index is 1.58. The van der Waals surface area contributed by atoms with Crippen LogP contribution in [-0.2, 0) is 11.3 Å². The molecule has 1 N–H and O–H groups in total. The van der Waals surface area contributed by atoms with Crippen LogP contribution in [0, 0.1) is 0 Å². The van der Waals surface area contributed by atoms with Crippen molar-refractivity contribution >= 4 is 17.6 Å². The van der Waals surface area contributed by atoms with Crippen LogP contribution in [0.4, 0.5) is 4.79 Å². The minimum absolute atomic E-state index is 0.0656. The van der Waals surface area contributed by atoms with Crippen LogP contribution in [0.3, 0.4) is 0 Å². The van der Waals surface area contributed by atoms with Gasteiger partial charge in [-0.15, -0.1) is 0 Å². The highest BCUT2D eigenvalue weighted by atomic mass is 35.5. The summed E-state index contributed by atoms with van der Waals surface area (Å²) in [6.45, 7) is 2.17. The second kappa shape index (κ2) is 7.49. The first-order valence-electron chi connectivity index (χ1n) is 7.66. The number of benzene rings is 2. The molecule has 0 saturated carbocycles. The van der Waals surface area contributed by atoms with Crippen LogP contribution in [0.25, 0.3) is 0 Å². The number of hydrogen-bond acceptors (Lipinski definition) is 2. The van der Waals surface area contributed by atoms with Gasteiger partial charge in [0.15, 0.2) is 0 Å². The van der Waals surface area contributed by atoms with Gasteiger partial charge in [-0.3, -0.25) is 0 Å². The highest BCUT2D eigenvalue weighted by molar-refractivity contribution is 6.30. The number of hydrogen-bond donors (Lipinski definition) is 1. The molecule has 0 spiro atoms. The van der Waals surface area contributed by atoms with Gasteiger partial charge in [-0.2, -0.15) is 0 Å². The number of carbonyl (C=O) groups is 1. The van der Waals surface area contributed by atoms with E-state index in [9.17, 15) is 4.79 Å². The van der Waals surface area contributed by atoms with Crippen molar-refractivity contribution in [2.24, 2.45) is 0 Å². The maximum Gasteiger partial charge on any atom is 0.317 e. The van der Waals surface area contributed by atoms with Crippen molar-refractivity contribution in [3.05, 3.63) is 70.7 Å². The van der Waals surface area contributed by atoms with Gasteiger partial charge in [0.2, 0.25) is 0 Å². The van der Waals surface area contributed by atoms with Crippen molar-refractivity contribution in [2.75, 3.05) is 19.7 Å². The van der Waals surface area contributed by atoms with Crippen LogP contribution in [0.5, 0.6) is 0 Å². The summed E-state index contributed by atoms with van der Waals surface area (Å²) in [5.74, 6) is 0. The largest absolute Gasteiger partial charge is 0.370 e. The van der Waals surface area contributed by atoms with Gasteiger partial charge < -0.3 is 15.0 Å². The molecule has 5 heteroatoms. The molecule has 0 bridgehead atoms. The number of carbonyl (C=O) groups excluding carboxylic acids is 1. The first-order chi connectivity index (χ1) is 11.2. The lowest BCUT2D eigenvalue weighted by molar-refractivity contribution is -0.0154. The lowest BCUT2D eigenvalue weighted by atomic mass is 10.1. The molecule has 0 aliphatic carbocycles. The van der Waals surface area contributed by atoms with Crippen LogP contribution in [0.2, 0.25) is 5.02 Å². The predicted molar refractivity (Wildman–Crippen MR) is 90.4 cm³/mol. The molecule has 1 aliphatic rings. The Bertz CT molecular complexity index is 663. The Labute approximate surface area is 141 Å². The van der Waals surface area contributed by atoms with Crippen molar-refractivity contribution in [3.63, 3.8) is 0 Å². The predicted octanol–water partition coefficient (Wildman–Crippen LogP) is 3.62. The quantitative estimate of drug-likeness (QED) is 0.933. The third-order valence-corrected chi connectivity index (χ3v) is 4.10. The van der Waals surface area contributed by atoms with Crippen molar-refractivity contribution in [1.82, 2.24) is 10.2 Å². The van der Waals surface area contributed by atoms with E-state index in [1.54, 1.807) is 4.90 Å². The Hall–Kier alpha value is -2.04. The van der Waals surface area contributed by atoms with E-state index < -0.39 is 0 Å². The lowest BCUT2D eigenvalue weighted by Crippen LogP contribution is -2.46. The van der Waals surface area contributed by atoms with Crippen molar-refractivity contribution < 1.29 is 9.53 Å². The summed E-state index contributed by atoms with van der Waals surface area (Å²) < 4.78 is 5.78. The number of morpholine rings is 1. The Morgan fingerprint density at radius 3 is 2.83 bits per heavy atom. The van der Waals surface area contributed by atoms with Crippen LogP contribution in [-0.4, -0.2) is 30.6 Å². The normalized spacial score (nSPS) is 17.8. The fourth-order valence-electron chi connectivity index (χ4n) is 2.63. The standard InChI is InChI=1S/C18H19ClN2O2/c19-16-8-4-7-15(11-16)17-13-21(9-10-23-17)18(22)20-12-14-5-2-1-3-6-14/h1-8,11,17H,9-10,12-13H2,(H,20,22). The van der Waals surface area contributed by atoms with Gasteiger partial charge in [0.1, 0.15) is 6.10 Å². The number of ether oxygens (including phenoxy) is 1. The number of urea groups is 1. The Morgan fingerprint density at radius 2 is 2.04 bits per heavy atom. The van der Waals surface area contributed by atoms with E-state index in [4.69, 9.17) is 16.3 Å². The summed E-state index contributed by atoms with van der Waals surface area (Å²) in [5.41, 5.74) is 2.08. The zero-order valence-corrected chi connectivity index (χ0v) is 13.5. The monoisotopic (exact) mass is 330 g/mol. The highest BCUT2D eigenvalue weighted by Crippen LogP contribution is 2.24. The maximum absolute atomic E-state index is 12.3. The SMILES string of the molecule is O=C(NCc1ccccc1)N1CCOC(c2cccc(Cl)c2)C1. The minimum Gasteiger partial charge on any atom is -0.370 e. The van der Waals surface area contributed by atoms with Gasteiger partial charge in [-0.05, 0) is 23.3 Å². The van der Waals surface area contributed by atoms with Gasteiger partial charge in [0.25, 0.3) is 0 Å². The minimum atomic E-state index is -0.134. The average Bonchev–Trinajstić information content (AvgIpc) is 2.61. The summed E-state index contributed by atoms with van der Waals surface area (Å²) in [6.07, 6.45) is -0.134. The van der Waals surface area contributed by atoms with Crippen molar-refractivity contribution in [2.45, 2.75) is 12.6 Å². The zero-order chi connectivity index (χ0) is 16.1. The molecule has 1 unspecified atom stereocenters. The molecule has 4 nitrogen and oxygen atoms in total. The lowest BCUT2D eigenvalue weighted by Gasteiger charge is -2.33. The summed E-state index contributed by atoms with van der Waals surface area (Å²) in [6, 6.07) is 17.4. The van der Waals surface area contributed by atoms with Crippen molar-refractivity contribution in [1.29, 1.82) is 0 Å². The number of nitrogens with one attached hydrogen (secondary N) is 1. The smallest absolute Gasteiger partial charge is 0.317 e. The number of rotatable bonds is 3. The molecular formula is C18H19ClN2O2. The molecule has 1 heterocycles. The van der Waals surface area contributed by atoms with Gasteiger partial charge in [-0.1, -0.05) is 54.1 Å². The van der Waals surface area contributed by atoms with Crippen LogP contribution < -0.4 is 5.32 Å². The molecular weight excluding hydrogens is 312 g/mol. The molecule has 0 radical (unpaired) electrons. The molecule has 1 aliphatic heterocycles. The Morgan fingerprint density at radius 1 is 1.22 bits per heavy atom. The zero-order valence-electron chi connectivity index (χ0n) is 12.7. The van der Waals surface area contributed by atoms with E-state index >= 15 is 0 Å². The molecule has 120 valence electrons. The molecule has 2 amide bonds. The number of amides is 2. The van der Waals surface area contributed by atoms with E-state index in [0.29, 0.717) is 31.3 Å². The average molecular weight is 331 g/mol. The van der Waals surface area contributed by atoms with Gasteiger partial charge >= 0.3 is 6.03 Å². The van der Waals surface area contributed by atoms with Crippen LogP contribution in [0.1, 0.15) is 17.2 Å². The van der Waals surface area contributed by atoms with Crippen LogP contribution in [0.15, 0.2) is 54.6 Å². The summed E-state index contributed by atoms with van der Waals surface area (Å²) in [5, 5.41) is 3.63. The van der Waals surface area contributed by atoms with Gasteiger partial charge in [-0.25, -0.2) is 4.79 Å². The fraction of sp³-hybridized carbons (Fsp3) is 0.278. The van der Waals surface area contributed by atoms with Crippen LogP contribution >= 0.6 is 11.6 Å². The number of nitrogens with zero attached hydrogens (tertiary/aromatic N) is 1. The third-order valence-electron chi connectivity index (χ3n) is 3.86. The molecule has 2 aromatic rings. The topological polar surface area (TPSA) is 41.6 Å². The van der Waals surface area contributed by atoms with E-state index in [0.717, 1.165) is 11.1 Å². The molecule has 1 saturated heterocycles. The Kier molecular flexibility index (Phi) is 5.16. The second-order valence-electron chi connectivity index (χ2n) is 5.50. The molecule has 23 heavy (non-hydrogen) atoms. The maximum atomic E-state index is 12.3.